The van der Waals surface area contributed by atoms with E-state index in [2.05, 4.69) is 10.6 Å². The van der Waals surface area contributed by atoms with Crippen LogP contribution in [0, 0.1) is 18.6 Å². The first-order chi connectivity index (χ1) is 10.6. The van der Waals surface area contributed by atoms with Gasteiger partial charge in [-0.1, -0.05) is 0 Å². The van der Waals surface area contributed by atoms with Gasteiger partial charge in [-0.2, -0.15) is 0 Å². The Bertz CT molecular complexity index is 599. The van der Waals surface area contributed by atoms with Crippen LogP contribution in [0.3, 0.4) is 0 Å². The SMILES string of the molecule is Cc1cc(F)c(C(C)NC2CC2NC(=O)OC(C)(C)C)cc1F. The molecule has 3 unspecified atom stereocenters. The molecule has 1 aromatic carbocycles. The Balaban J connectivity index is 1.88. The highest BCUT2D eigenvalue weighted by atomic mass is 19.1. The van der Waals surface area contributed by atoms with Crippen LogP contribution >= 0.6 is 0 Å². The second kappa shape index (κ2) is 6.43. The molecule has 0 bridgehead atoms. The summed E-state index contributed by atoms with van der Waals surface area (Å²) in [4.78, 5) is 11.7. The predicted octanol–water partition coefficient (Wildman–Crippen LogP) is 3.59. The van der Waals surface area contributed by atoms with Crippen molar-refractivity contribution in [3.8, 4) is 0 Å². The van der Waals surface area contributed by atoms with Crippen LogP contribution in [0.1, 0.15) is 51.3 Å². The van der Waals surface area contributed by atoms with Crippen LogP contribution < -0.4 is 10.6 Å². The van der Waals surface area contributed by atoms with E-state index in [1.54, 1.807) is 27.7 Å². The second-order valence-corrected chi connectivity index (χ2v) is 7.11. The average Bonchev–Trinajstić information content (AvgIpc) is 3.08. The third kappa shape index (κ3) is 4.89. The highest BCUT2D eigenvalue weighted by Gasteiger charge is 2.40. The molecule has 1 saturated carbocycles. The van der Waals surface area contributed by atoms with Crippen molar-refractivity contribution in [3.05, 3.63) is 34.9 Å². The first-order valence-corrected chi connectivity index (χ1v) is 7.78. The van der Waals surface area contributed by atoms with E-state index in [4.69, 9.17) is 4.74 Å². The van der Waals surface area contributed by atoms with Crippen LogP contribution in [0.15, 0.2) is 12.1 Å². The number of hydrogen-bond donors (Lipinski definition) is 2. The van der Waals surface area contributed by atoms with Crippen molar-refractivity contribution in [3.63, 3.8) is 0 Å². The van der Waals surface area contributed by atoms with Gasteiger partial charge in [0.05, 0.1) is 0 Å². The van der Waals surface area contributed by atoms with Gasteiger partial charge in [0.1, 0.15) is 17.2 Å². The maximum Gasteiger partial charge on any atom is 0.407 e. The lowest BCUT2D eigenvalue weighted by atomic mass is 10.0. The normalized spacial score (nSPS) is 21.7. The summed E-state index contributed by atoms with van der Waals surface area (Å²) in [6.07, 6.45) is 0.270. The lowest BCUT2D eigenvalue weighted by Gasteiger charge is -2.20. The number of benzene rings is 1. The van der Waals surface area contributed by atoms with Gasteiger partial charge in [-0.25, -0.2) is 13.6 Å². The third-order valence-electron chi connectivity index (χ3n) is 3.70. The van der Waals surface area contributed by atoms with Gasteiger partial charge in [0.2, 0.25) is 0 Å². The van der Waals surface area contributed by atoms with Crippen molar-refractivity contribution in [2.45, 2.75) is 64.8 Å². The average molecular weight is 326 g/mol. The van der Waals surface area contributed by atoms with Crippen LogP contribution in [0.2, 0.25) is 0 Å². The topological polar surface area (TPSA) is 50.4 Å². The number of nitrogens with one attached hydrogen (secondary N) is 2. The van der Waals surface area contributed by atoms with Crippen molar-refractivity contribution in [1.29, 1.82) is 0 Å². The van der Waals surface area contributed by atoms with E-state index in [0.29, 0.717) is 0 Å². The lowest BCUT2D eigenvalue weighted by Crippen LogP contribution is -2.37. The number of halogens is 2. The first kappa shape index (κ1) is 17.7. The molecule has 1 aliphatic carbocycles. The van der Waals surface area contributed by atoms with Gasteiger partial charge in [0.25, 0.3) is 0 Å². The van der Waals surface area contributed by atoms with Gasteiger partial charge in [0.15, 0.2) is 0 Å². The molecule has 0 heterocycles. The Morgan fingerprint density at radius 3 is 2.52 bits per heavy atom. The van der Waals surface area contributed by atoms with E-state index < -0.39 is 23.3 Å². The first-order valence-electron chi connectivity index (χ1n) is 7.78. The van der Waals surface area contributed by atoms with E-state index in [9.17, 15) is 13.6 Å². The number of aryl methyl sites for hydroxylation is 1. The summed E-state index contributed by atoms with van der Waals surface area (Å²) >= 11 is 0. The van der Waals surface area contributed by atoms with Crippen molar-refractivity contribution >= 4 is 6.09 Å². The summed E-state index contributed by atoms with van der Waals surface area (Å²) in [6, 6.07) is 2.06. The second-order valence-electron chi connectivity index (χ2n) is 7.11. The predicted molar refractivity (Wildman–Crippen MR) is 84.2 cm³/mol. The van der Waals surface area contributed by atoms with E-state index in [0.717, 1.165) is 6.42 Å². The van der Waals surface area contributed by atoms with Crippen LogP contribution in [-0.4, -0.2) is 23.8 Å². The molecule has 0 aliphatic heterocycles. The van der Waals surface area contributed by atoms with Crippen molar-refractivity contribution < 1.29 is 18.3 Å². The van der Waals surface area contributed by atoms with Crippen LogP contribution in [0.4, 0.5) is 13.6 Å². The molecule has 128 valence electrons. The number of carbonyl (C=O) groups excluding carboxylic acids is 1. The molecule has 1 amide bonds. The minimum absolute atomic E-state index is 0.0290. The number of ether oxygens (including phenoxy) is 1. The maximum absolute atomic E-state index is 13.9. The fourth-order valence-corrected chi connectivity index (χ4v) is 2.40. The molecule has 23 heavy (non-hydrogen) atoms. The van der Waals surface area contributed by atoms with Crippen molar-refractivity contribution in [2.24, 2.45) is 0 Å². The van der Waals surface area contributed by atoms with E-state index in [1.165, 1.54) is 19.1 Å². The molecule has 0 spiro atoms. The number of hydrogen-bond acceptors (Lipinski definition) is 3. The molecule has 6 heteroatoms. The van der Waals surface area contributed by atoms with Gasteiger partial charge in [-0.15, -0.1) is 0 Å². The third-order valence-corrected chi connectivity index (χ3v) is 3.70. The number of amides is 1. The van der Waals surface area contributed by atoms with Gasteiger partial charge in [0, 0.05) is 23.7 Å². The van der Waals surface area contributed by atoms with E-state index in [1.807, 2.05) is 0 Å². The van der Waals surface area contributed by atoms with Gasteiger partial charge < -0.3 is 15.4 Å². The lowest BCUT2D eigenvalue weighted by molar-refractivity contribution is 0.0522. The van der Waals surface area contributed by atoms with Gasteiger partial charge in [-0.3, -0.25) is 0 Å². The Morgan fingerprint density at radius 1 is 1.26 bits per heavy atom. The minimum Gasteiger partial charge on any atom is -0.444 e. The van der Waals surface area contributed by atoms with E-state index >= 15 is 0 Å². The minimum atomic E-state index is -0.544. The summed E-state index contributed by atoms with van der Waals surface area (Å²) in [5.41, 5.74) is 0.0305. The molecule has 3 atom stereocenters. The quantitative estimate of drug-likeness (QED) is 0.889. The zero-order chi connectivity index (χ0) is 17.4. The van der Waals surface area contributed by atoms with Crippen LogP contribution in [0.5, 0.6) is 0 Å². The van der Waals surface area contributed by atoms with Crippen LogP contribution in [0.25, 0.3) is 0 Å². The molecular formula is C17H24F2N2O2. The molecule has 2 rings (SSSR count). The molecule has 1 fully saturated rings. The fraction of sp³-hybridized carbons (Fsp3) is 0.588. The summed E-state index contributed by atoms with van der Waals surface area (Å²) in [6.45, 7) is 8.70. The standard InChI is InChI=1S/C17H24F2N2O2/c1-9-6-13(19)11(7-12(9)18)10(2)20-14-8-15(14)21-16(22)23-17(3,4)5/h6-7,10,14-15,20H,8H2,1-5H3,(H,21,22). The Kier molecular flexibility index (Phi) is 4.94. The molecule has 0 radical (unpaired) electrons. The fourth-order valence-electron chi connectivity index (χ4n) is 2.40. The zero-order valence-electron chi connectivity index (χ0n) is 14.2. The molecule has 4 nitrogen and oxygen atoms in total. The summed E-state index contributed by atoms with van der Waals surface area (Å²) in [5.74, 6) is -0.851. The van der Waals surface area contributed by atoms with Gasteiger partial charge >= 0.3 is 6.09 Å². The maximum atomic E-state index is 13.9. The molecule has 2 N–H and O–H groups in total. The Morgan fingerprint density at radius 2 is 1.91 bits per heavy atom. The van der Waals surface area contributed by atoms with E-state index in [-0.39, 0.29) is 29.3 Å². The highest BCUT2D eigenvalue weighted by Crippen LogP contribution is 2.27. The van der Waals surface area contributed by atoms with Crippen molar-refractivity contribution in [1.82, 2.24) is 10.6 Å². The Hall–Kier alpha value is -1.69. The van der Waals surface area contributed by atoms with Gasteiger partial charge in [-0.05, 0) is 58.7 Å². The highest BCUT2D eigenvalue weighted by molar-refractivity contribution is 5.68. The molecule has 0 aromatic heterocycles. The number of carbonyl (C=O) groups is 1. The largest absolute Gasteiger partial charge is 0.444 e. The summed E-state index contributed by atoms with van der Waals surface area (Å²) in [5, 5.41) is 5.96. The smallest absolute Gasteiger partial charge is 0.407 e. The molecule has 0 saturated heterocycles. The van der Waals surface area contributed by atoms with Crippen LogP contribution in [-0.2, 0) is 4.74 Å². The summed E-state index contributed by atoms with van der Waals surface area (Å²) in [7, 11) is 0. The van der Waals surface area contributed by atoms with Crippen molar-refractivity contribution in [2.75, 3.05) is 0 Å². The number of rotatable bonds is 4. The Labute approximate surface area is 135 Å². The zero-order valence-corrected chi connectivity index (χ0v) is 14.2. The number of alkyl carbamates (subject to hydrolysis) is 1. The monoisotopic (exact) mass is 326 g/mol. The molecule has 1 aromatic rings. The summed E-state index contributed by atoms with van der Waals surface area (Å²) < 4.78 is 32.7. The molecular weight excluding hydrogens is 302 g/mol. The molecule has 1 aliphatic rings.